The first-order valence-electron chi connectivity index (χ1n) is 11.6. The molecule has 0 saturated carbocycles. The highest BCUT2D eigenvalue weighted by molar-refractivity contribution is 6.99. The number of aromatic amines is 1. The Hall–Kier alpha value is -2.78. The number of likely N-dealkylation sites (N-methyl/N-ethyl adjacent to an activating group) is 1. The zero-order valence-corrected chi connectivity index (χ0v) is 21.4. The summed E-state index contributed by atoms with van der Waals surface area (Å²) in [6.45, 7) is 8.88. The molecule has 3 aromatic rings. The molecule has 1 aliphatic rings. The van der Waals surface area contributed by atoms with Gasteiger partial charge in [0.15, 0.2) is 6.23 Å². The molecule has 1 N–H and O–H groups in total. The Morgan fingerprint density at radius 1 is 1.03 bits per heavy atom. The van der Waals surface area contributed by atoms with E-state index in [1.807, 2.05) is 19.2 Å². The molecule has 0 unspecified atom stereocenters. The van der Waals surface area contributed by atoms with E-state index in [2.05, 4.69) is 74.3 Å². The maximum Gasteiger partial charge on any atom is 0.330 e. The summed E-state index contributed by atoms with van der Waals surface area (Å²) in [4.78, 5) is 32.5. The lowest BCUT2D eigenvalue weighted by molar-refractivity contribution is -0.169. The number of aromatic nitrogens is 2. The third-order valence-corrected chi connectivity index (χ3v) is 11.6. The van der Waals surface area contributed by atoms with Crippen molar-refractivity contribution in [1.29, 1.82) is 0 Å². The summed E-state index contributed by atoms with van der Waals surface area (Å²) in [5, 5.41) is 4.09. The van der Waals surface area contributed by atoms with Crippen LogP contribution in [0.3, 0.4) is 0 Å². The molecule has 0 radical (unpaired) electrons. The van der Waals surface area contributed by atoms with Crippen molar-refractivity contribution in [2.45, 2.75) is 51.4 Å². The van der Waals surface area contributed by atoms with Gasteiger partial charge in [0.1, 0.15) is 0 Å². The van der Waals surface area contributed by atoms with Gasteiger partial charge < -0.3 is 4.43 Å². The van der Waals surface area contributed by atoms with E-state index in [4.69, 9.17) is 9.26 Å². The first-order valence-corrected chi connectivity index (χ1v) is 13.5. The third-order valence-electron chi connectivity index (χ3n) is 6.64. The SMILES string of the molecule is Cc1cn([C@H]2C[C@H](CO[Si](c3ccccc3)(c3ccccc3)C(C)(C)C)N(C)O2)c(=O)[nH]c1=O. The second-order valence-electron chi connectivity index (χ2n) is 9.95. The van der Waals surface area contributed by atoms with Crippen molar-refractivity contribution in [3.8, 4) is 0 Å². The van der Waals surface area contributed by atoms with Gasteiger partial charge in [0.25, 0.3) is 13.9 Å². The van der Waals surface area contributed by atoms with Crippen LogP contribution in [0.2, 0.25) is 5.04 Å². The number of benzene rings is 2. The largest absolute Gasteiger partial charge is 0.406 e. The van der Waals surface area contributed by atoms with Crippen molar-refractivity contribution in [3.63, 3.8) is 0 Å². The topological polar surface area (TPSA) is 76.6 Å². The summed E-state index contributed by atoms with van der Waals surface area (Å²) in [7, 11) is -0.809. The van der Waals surface area contributed by atoms with E-state index in [9.17, 15) is 9.59 Å². The van der Waals surface area contributed by atoms with Crippen molar-refractivity contribution in [1.82, 2.24) is 14.6 Å². The molecule has 1 saturated heterocycles. The van der Waals surface area contributed by atoms with Crippen molar-refractivity contribution < 1.29 is 9.26 Å². The van der Waals surface area contributed by atoms with Gasteiger partial charge >= 0.3 is 5.69 Å². The van der Waals surface area contributed by atoms with Crippen molar-refractivity contribution in [3.05, 3.63) is 93.3 Å². The van der Waals surface area contributed by atoms with Gasteiger partial charge in [-0.25, -0.2) is 4.79 Å². The molecule has 2 aromatic carbocycles. The van der Waals surface area contributed by atoms with E-state index in [1.165, 1.54) is 14.9 Å². The van der Waals surface area contributed by atoms with Crippen LogP contribution in [0.15, 0.2) is 76.4 Å². The molecule has 2 atom stereocenters. The molecule has 0 amide bonds. The van der Waals surface area contributed by atoms with Crippen molar-refractivity contribution in [2.75, 3.05) is 13.7 Å². The van der Waals surface area contributed by atoms with Crippen LogP contribution in [0.1, 0.15) is 39.0 Å². The van der Waals surface area contributed by atoms with Gasteiger partial charge in [-0.2, -0.15) is 5.06 Å². The Bertz CT molecular complexity index is 1200. The van der Waals surface area contributed by atoms with E-state index >= 15 is 0 Å². The molecule has 180 valence electrons. The zero-order chi connectivity index (χ0) is 24.5. The Morgan fingerprint density at radius 3 is 2.12 bits per heavy atom. The van der Waals surface area contributed by atoms with E-state index in [0.717, 1.165) is 0 Å². The number of hydrogen-bond acceptors (Lipinski definition) is 5. The minimum absolute atomic E-state index is 0.0502. The summed E-state index contributed by atoms with van der Waals surface area (Å²) in [6, 6.07) is 21.0. The van der Waals surface area contributed by atoms with Crippen LogP contribution in [0.5, 0.6) is 0 Å². The van der Waals surface area contributed by atoms with Gasteiger partial charge in [0, 0.05) is 25.2 Å². The number of H-pyrrole nitrogens is 1. The molecule has 0 spiro atoms. The Balaban J connectivity index is 1.66. The Labute approximate surface area is 201 Å². The molecule has 0 bridgehead atoms. The first kappa shape index (κ1) is 24.3. The number of aryl methyl sites for hydroxylation is 1. The summed E-state index contributed by atoms with van der Waals surface area (Å²) in [5.74, 6) is 0. The lowest BCUT2D eigenvalue weighted by Gasteiger charge is -2.43. The fourth-order valence-electron chi connectivity index (χ4n) is 4.82. The summed E-state index contributed by atoms with van der Waals surface area (Å²) >= 11 is 0. The van der Waals surface area contributed by atoms with E-state index in [1.54, 1.807) is 18.2 Å². The normalized spacial score (nSPS) is 19.4. The molecular weight excluding hydrogens is 446 g/mol. The smallest absolute Gasteiger partial charge is 0.330 e. The number of rotatable bonds is 6. The highest BCUT2D eigenvalue weighted by atomic mass is 28.4. The predicted molar refractivity (Wildman–Crippen MR) is 136 cm³/mol. The number of hydroxylamine groups is 2. The minimum Gasteiger partial charge on any atom is -0.406 e. The lowest BCUT2D eigenvalue weighted by atomic mass is 10.2. The van der Waals surface area contributed by atoms with Crippen molar-refractivity contribution >= 4 is 18.7 Å². The van der Waals surface area contributed by atoms with Crippen LogP contribution in [-0.2, 0) is 9.26 Å². The van der Waals surface area contributed by atoms with Gasteiger partial charge in [0.05, 0.1) is 12.6 Å². The maximum absolute atomic E-state index is 12.4. The van der Waals surface area contributed by atoms with Gasteiger partial charge in [-0.15, -0.1) is 0 Å². The second-order valence-corrected chi connectivity index (χ2v) is 14.3. The number of nitrogens with one attached hydrogen (secondary N) is 1. The molecule has 34 heavy (non-hydrogen) atoms. The molecule has 8 heteroatoms. The molecule has 1 fully saturated rings. The summed E-state index contributed by atoms with van der Waals surface area (Å²) in [5.41, 5.74) is -0.375. The molecule has 4 rings (SSSR count). The van der Waals surface area contributed by atoms with Gasteiger partial charge in [0.2, 0.25) is 0 Å². The predicted octanol–water partition coefficient (Wildman–Crippen LogP) is 2.56. The van der Waals surface area contributed by atoms with Gasteiger partial charge in [-0.3, -0.25) is 19.2 Å². The van der Waals surface area contributed by atoms with E-state index < -0.39 is 20.2 Å². The van der Waals surface area contributed by atoms with Crippen LogP contribution in [0.25, 0.3) is 0 Å². The van der Waals surface area contributed by atoms with Crippen molar-refractivity contribution in [2.24, 2.45) is 0 Å². The van der Waals surface area contributed by atoms with E-state index in [-0.39, 0.29) is 16.6 Å². The lowest BCUT2D eigenvalue weighted by Crippen LogP contribution is -2.67. The standard InChI is InChI=1S/C26H33N3O4Si/c1-19-17-29(25(31)27-24(19)30)23-16-20(28(5)33-23)18-32-34(26(2,3)4,21-12-8-6-9-13-21)22-14-10-7-11-15-22/h6-15,17,20,23H,16,18H2,1-5H3,(H,27,30,31)/t20-,23-/m1/s1. The second kappa shape index (κ2) is 9.46. The molecule has 7 nitrogen and oxygen atoms in total. The molecule has 1 aromatic heterocycles. The first-order chi connectivity index (χ1) is 16.1. The van der Waals surface area contributed by atoms with Crippen LogP contribution < -0.4 is 21.6 Å². The number of hydrogen-bond donors (Lipinski definition) is 1. The van der Waals surface area contributed by atoms with Crippen LogP contribution in [0, 0.1) is 6.92 Å². The monoisotopic (exact) mass is 479 g/mol. The molecular formula is C26H33N3O4Si. The molecule has 0 aliphatic carbocycles. The third kappa shape index (κ3) is 4.46. The summed E-state index contributed by atoms with van der Waals surface area (Å²) < 4.78 is 8.50. The highest BCUT2D eigenvalue weighted by Gasteiger charge is 2.51. The van der Waals surface area contributed by atoms with Crippen LogP contribution in [0.4, 0.5) is 0 Å². The van der Waals surface area contributed by atoms with Crippen LogP contribution >= 0.6 is 0 Å². The highest BCUT2D eigenvalue weighted by Crippen LogP contribution is 2.37. The quantitative estimate of drug-likeness (QED) is 0.550. The maximum atomic E-state index is 12.4. The summed E-state index contributed by atoms with van der Waals surface area (Å²) in [6.07, 6.45) is 1.63. The average Bonchev–Trinajstić information content (AvgIpc) is 3.17. The van der Waals surface area contributed by atoms with Gasteiger partial charge in [-0.1, -0.05) is 81.4 Å². The minimum atomic E-state index is -2.67. The van der Waals surface area contributed by atoms with Gasteiger partial charge in [-0.05, 0) is 22.3 Å². The molecule has 2 heterocycles. The average molecular weight is 480 g/mol. The molecule has 1 aliphatic heterocycles. The zero-order valence-electron chi connectivity index (χ0n) is 20.4. The van der Waals surface area contributed by atoms with Crippen LogP contribution in [-0.4, -0.2) is 42.6 Å². The number of nitrogens with zero attached hydrogens (tertiary/aromatic N) is 2. The fraction of sp³-hybridized carbons (Fsp3) is 0.385. The van der Waals surface area contributed by atoms with E-state index in [0.29, 0.717) is 18.6 Å². The Kier molecular flexibility index (Phi) is 6.77. The fourth-order valence-corrected chi connectivity index (χ4v) is 9.42. The Morgan fingerprint density at radius 2 is 1.59 bits per heavy atom.